The van der Waals surface area contributed by atoms with Crippen LogP contribution in [0.2, 0.25) is 0 Å². The van der Waals surface area contributed by atoms with Crippen molar-refractivity contribution >= 4 is 12.7 Å². The van der Waals surface area contributed by atoms with E-state index >= 15 is 0 Å². The molecule has 0 aliphatic heterocycles. The fraction of sp³-hybridized carbons (Fsp3) is 0.500. The Bertz CT molecular complexity index is 173. The highest BCUT2D eigenvalue weighted by atomic mass is 16.5. The molecular weight excluding hydrogens is 142 g/mol. The smallest absolute Gasteiger partial charge is 0.311 e. The molecule has 0 aliphatic carbocycles. The summed E-state index contributed by atoms with van der Waals surface area (Å²) in [6, 6.07) is 0. The van der Waals surface area contributed by atoms with Crippen LogP contribution in [-0.2, 0) is 9.53 Å². The molecule has 0 rings (SSSR count). The van der Waals surface area contributed by atoms with Gasteiger partial charge in [-0.1, -0.05) is 6.08 Å². The van der Waals surface area contributed by atoms with Gasteiger partial charge in [-0.25, -0.2) is 0 Å². The Hall–Kier alpha value is -1.12. The second-order valence-corrected chi connectivity index (χ2v) is 1.92. The Kier molecular flexibility index (Phi) is 5.07. The lowest BCUT2D eigenvalue weighted by molar-refractivity contribution is -0.142. The van der Waals surface area contributed by atoms with E-state index in [2.05, 4.69) is 11.7 Å². The summed E-state index contributed by atoms with van der Waals surface area (Å²) in [5.41, 5.74) is 0.656. The third-order valence-corrected chi connectivity index (χ3v) is 1.17. The average Bonchev–Trinajstić information content (AvgIpc) is 2.01. The lowest BCUT2D eigenvalue weighted by atomic mass is 10.3. The summed E-state index contributed by atoms with van der Waals surface area (Å²) in [7, 11) is 0. The van der Waals surface area contributed by atoms with Crippen molar-refractivity contribution in [2.75, 3.05) is 6.61 Å². The van der Waals surface area contributed by atoms with Crippen LogP contribution >= 0.6 is 0 Å². The van der Waals surface area contributed by atoms with Crippen molar-refractivity contribution in [3.8, 4) is 0 Å². The van der Waals surface area contributed by atoms with Crippen molar-refractivity contribution in [1.82, 2.24) is 0 Å². The molecule has 0 saturated heterocycles. The highest BCUT2D eigenvalue weighted by molar-refractivity contribution is 5.72. The molecular formula is C8H13NO2. The van der Waals surface area contributed by atoms with Crippen molar-refractivity contribution in [3.05, 3.63) is 11.8 Å². The zero-order valence-corrected chi connectivity index (χ0v) is 6.96. The number of carbonyl (C=O) groups is 1. The predicted octanol–water partition coefficient (Wildman–Crippen LogP) is 1.54. The molecule has 0 radical (unpaired) electrons. The number of hydrogen-bond acceptors (Lipinski definition) is 3. The van der Waals surface area contributed by atoms with Gasteiger partial charge in [0.15, 0.2) is 0 Å². The molecule has 0 aromatic rings. The normalized spacial score (nSPS) is 10.9. The fourth-order valence-electron chi connectivity index (χ4n) is 0.609. The van der Waals surface area contributed by atoms with Gasteiger partial charge in [0.1, 0.15) is 0 Å². The van der Waals surface area contributed by atoms with Crippen LogP contribution in [0.15, 0.2) is 16.8 Å². The van der Waals surface area contributed by atoms with Gasteiger partial charge in [-0.15, -0.1) is 0 Å². The number of esters is 1. The maximum Gasteiger partial charge on any atom is 0.311 e. The topological polar surface area (TPSA) is 38.7 Å². The van der Waals surface area contributed by atoms with E-state index in [-0.39, 0.29) is 12.4 Å². The lowest BCUT2D eigenvalue weighted by Crippen LogP contribution is -2.03. The SMILES string of the molecule is C=N/C(=C\C)CC(=O)OCC. The van der Waals surface area contributed by atoms with E-state index in [4.69, 9.17) is 4.74 Å². The van der Waals surface area contributed by atoms with Crippen LogP contribution in [0.1, 0.15) is 20.3 Å². The molecule has 0 atom stereocenters. The summed E-state index contributed by atoms with van der Waals surface area (Å²) >= 11 is 0. The summed E-state index contributed by atoms with van der Waals surface area (Å²) in [6.45, 7) is 7.31. The Morgan fingerprint density at radius 1 is 1.73 bits per heavy atom. The van der Waals surface area contributed by atoms with Crippen LogP contribution in [0, 0.1) is 0 Å². The van der Waals surface area contributed by atoms with Crippen molar-refractivity contribution in [3.63, 3.8) is 0 Å². The van der Waals surface area contributed by atoms with Crippen LogP contribution in [0.4, 0.5) is 0 Å². The number of allylic oxidation sites excluding steroid dienone is 1. The van der Waals surface area contributed by atoms with Crippen molar-refractivity contribution in [2.24, 2.45) is 4.99 Å². The number of carbonyl (C=O) groups excluding carboxylic acids is 1. The highest BCUT2D eigenvalue weighted by Crippen LogP contribution is 2.02. The Balaban J connectivity index is 3.82. The minimum atomic E-state index is -0.256. The molecule has 0 amide bonds. The van der Waals surface area contributed by atoms with Crippen molar-refractivity contribution in [1.29, 1.82) is 0 Å². The fourth-order valence-corrected chi connectivity index (χ4v) is 0.609. The highest BCUT2D eigenvalue weighted by Gasteiger charge is 2.02. The first-order valence-electron chi connectivity index (χ1n) is 3.52. The van der Waals surface area contributed by atoms with Crippen LogP contribution < -0.4 is 0 Å². The van der Waals surface area contributed by atoms with E-state index in [1.54, 1.807) is 13.0 Å². The number of nitrogens with zero attached hydrogens (tertiary/aromatic N) is 1. The Morgan fingerprint density at radius 3 is 2.73 bits per heavy atom. The van der Waals surface area contributed by atoms with E-state index in [1.807, 2.05) is 6.92 Å². The van der Waals surface area contributed by atoms with Gasteiger partial charge >= 0.3 is 5.97 Å². The zero-order chi connectivity index (χ0) is 8.69. The molecule has 0 aromatic carbocycles. The molecule has 0 unspecified atom stereocenters. The summed E-state index contributed by atoms with van der Waals surface area (Å²) in [5.74, 6) is -0.256. The van der Waals surface area contributed by atoms with Gasteiger partial charge in [0.2, 0.25) is 0 Å². The second kappa shape index (κ2) is 5.65. The van der Waals surface area contributed by atoms with Crippen LogP contribution in [0.5, 0.6) is 0 Å². The largest absolute Gasteiger partial charge is 0.466 e. The van der Waals surface area contributed by atoms with Crippen LogP contribution in [0.3, 0.4) is 0 Å². The number of rotatable bonds is 4. The number of aliphatic imine (C=N–C) groups is 1. The molecule has 11 heavy (non-hydrogen) atoms. The van der Waals surface area contributed by atoms with E-state index in [0.29, 0.717) is 12.3 Å². The second-order valence-electron chi connectivity index (χ2n) is 1.92. The Labute approximate surface area is 66.8 Å². The third kappa shape index (κ3) is 4.31. The van der Waals surface area contributed by atoms with Gasteiger partial charge in [-0.3, -0.25) is 9.79 Å². The maximum absolute atomic E-state index is 10.8. The summed E-state index contributed by atoms with van der Waals surface area (Å²) < 4.78 is 4.71. The molecule has 62 valence electrons. The molecule has 3 nitrogen and oxygen atoms in total. The van der Waals surface area contributed by atoms with Gasteiger partial charge in [-0.05, 0) is 20.6 Å². The first kappa shape index (κ1) is 9.88. The lowest BCUT2D eigenvalue weighted by Gasteiger charge is -2.00. The first-order chi connectivity index (χ1) is 5.24. The van der Waals surface area contributed by atoms with Gasteiger partial charge in [-0.2, -0.15) is 0 Å². The van der Waals surface area contributed by atoms with Crippen molar-refractivity contribution < 1.29 is 9.53 Å². The first-order valence-corrected chi connectivity index (χ1v) is 3.52. The van der Waals surface area contributed by atoms with Gasteiger partial charge in [0.05, 0.1) is 13.0 Å². The van der Waals surface area contributed by atoms with Crippen LogP contribution in [-0.4, -0.2) is 19.3 Å². The average molecular weight is 155 g/mol. The minimum absolute atomic E-state index is 0.216. The molecule has 0 saturated carbocycles. The number of ether oxygens (including phenoxy) is 1. The molecule has 0 N–H and O–H groups in total. The van der Waals surface area contributed by atoms with Gasteiger partial charge in [0, 0.05) is 5.70 Å². The molecule has 0 bridgehead atoms. The molecule has 0 fully saturated rings. The van der Waals surface area contributed by atoms with E-state index in [1.165, 1.54) is 0 Å². The van der Waals surface area contributed by atoms with Crippen LogP contribution in [0.25, 0.3) is 0 Å². The predicted molar refractivity (Wildman–Crippen MR) is 44.6 cm³/mol. The molecule has 0 spiro atoms. The minimum Gasteiger partial charge on any atom is -0.466 e. The Morgan fingerprint density at radius 2 is 2.36 bits per heavy atom. The molecule has 0 aromatic heterocycles. The van der Waals surface area contributed by atoms with E-state index in [9.17, 15) is 4.79 Å². The monoisotopic (exact) mass is 155 g/mol. The van der Waals surface area contributed by atoms with Crippen molar-refractivity contribution in [2.45, 2.75) is 20.3 Å². The summed E-state index contributed by atoms with van der Waals surface area (Å²) in [4.78, 5) is 14.5. The summed E-state index contributed by atoms with van der Waals surface area (Å²) in [5, 5.41) is 0. The standard InChI is InChI=1S/C8H13NO2/c1-4-7(9-3)6-8(10)11-5-2/h4H,3,5-6H2,1-2H3/b7-4-. The van der Waals surface area contributed by atoms with E-state index in [0.717, 1.165) is 0 Å². The number of hydrogen-bond donors (Lipinski definition) is 0. The molecule has 0 heterocycles. The summed E-state index contributed by atoms with van der Waals surface area (Å²) in [6.07, 6.45) is 1.96. The molecule has 0 aliphatic rings. The van der Waals surface area contributed by atoms with E-state index < -0.39 is 0 Å². The van der Waals surface area contributed by atoms with Gasteiger partial charge in [0.25, 0.3) is 0 Å². The maximum atomic E-state index is 10.8. The van der Waals surface area contributed by atoms with Gasteiger partial charge < -0.3 is 4.74 Å². The third-order valence-electron chi connectivity index (χ3n) is 1.17. The zero-order valence-electron chi connectivity index (χ0n) is 6.96. The quantitative estimate of drug-likeness (QED) is 0.456. The molecule has 3 heteroatoms.